The number of rotatable bonds is 5. The van der Waals surface area contributed by atoms with Crippen molar-refractivity contribution in [3.8, 4) is 0 Å². The summed E-state index contributed by atoms with van der Waals surface area (Å²) in [6, 6.07) is 4.27. The number of sulfonamides is 1. The Labute approximate surface area is 114 Å². The molecule has 1 aromatic rings. The number of amides is 1. The smallest absolute Gasteiger partial charge is 0.243 e. The van der Waals surface area contributed by atoms with Crippen molar-refractivity contribution in [3.63, 3.8) is 0 Å². The molecule has 6 nitrogen and oxygen atoms in total. The zero-order valence-corrected chi connectivity index (χ0v) is 12.2. The summed E-state index contributed by atoms with van der Waals surface area (Å²) in [7, 11) is -3.74. The lowest BCUT2D eigenvalue weighted by atomic mass is 10.3. The third-order valence-corrected chi connectivity index (χ3v) is 4.90. The van der Waals surface area contributed by atoms with Crippen molar-refractivity contribution in [2.75, 3.05) is 18.8 Å². The molecule has 0 heterocycles. The minimum atomic E-state index is -3.74. The molecule has 0 saturated carbocycles. The van der Waals surface area contributed by atoms with Gasteiger partial charge in [0.1, 0.15) is 0 Å². The molecule has 0 saturated heterocycles. The van der Waals surface area contributed by atoms with Gasteiger partial charge in [0.2, 0.25) is 15.9 Å². The average molecular weight is 336 g/mol. The first-order valence-corrected chi connectivity index (χ1v) is 7.35. The van der Waals surface area contributed by atoms with Crippen LogP contribution in [0.4, 0.5) is 5.69 Å². The van der Waals surface area contributed by atoms with Crippen LogP contribution in [0.5, 0.6) is 0 Å². The van der Waals surface area contributed by atoms with Crippen LogP contribution in [0, 0.1) is 0 Å². The van der Waals surface area contributed by atoms with Crippen LogP contribution in [0.15, 0.2) is 27.6 Å². The lowest BCUT2D eigenvalue weighted by molar-refractivity contribution is -0.118. The van der Waals surface area contributed by atoms with Crippen LogP contribution in [-0.4, -0.2) is 31.7 Å². The predicted molar refractivity (Wildman–Crippen MR) is 72.2 cm³/mol. The molecule has 1 aromatic carbocycles. The first-order valence-electron chi connectivity index (χ1n) is 5.12. The number of nitrogens with two attached hydrogens (primary N) is 2. The quantitative estimate of drug-likeness (QED) is 0.765. The number of nitrogen functional groups attached to an aromatic ring is 1. The van der Waals surface area contributed by atoms with Gasteiger partial charge in [-0.25, -0.2) is 8.42 Å². The lowest BCUT2D eigenvalue weighted by Gasteiger charge is -2.19. The molecular formula is C10H14BrN3O3S. The van der Waals surface area contributed by atoms with Gasteiger partial charge in [-0.15, -0.1) is 0 Å². The van der Waals surface area contributed by atoms with Crippen molar-refractivity contribution >= 4 is 37.5 Å². The summed E-state index contributed by atoms with van der Waals surface area (Å²) >= 11 is 3.16. The number of nitrogens with zero attached hydrogens (tertiary/aromatic N) is 1. The monoisotopic (exact) mass is 335 g/mol. The van der Waals surface area contributed by atoms with Gasteiger partial charge in [0.15, 0.2) is 0 Å². The number of carbonyl (C=O) groups excluding carboxylic acids is 1. The van der Waals surface area contributed by atoms with Gasteiger partial charge < -0.3 is 11.5 Å². The minimum Gasteiger partial charge on any atom is -0.398 e. The molecule has 0 aliphatic rings. The normalized spacial score (nSPS) is 11.7. The van der Waals surface area contributed by atoms with E-state index in [0.717, 1.165) is 4.31 Å². The summed E-state index contributed by atoms with van der Waals surface area (Å²) in [5.74, 6) is -0.699. The van der Waals surface area contributed by atoms with E-state index in [1.54, 1.807) is 6.92 Å². The summed E-state index contributed by atoms with van der Waals surface area (Å²) < 4.78 is 25.9. The van der Waals surface area contributed by atoms with E-state index in [4.69, 9.17) is 11.5 Å². The van der Waals surface area contributed by atoms with E-state index >= 15 is 0 Å². The number of halogens is 1. The maximum atomic E-state index is 12.2. The summed E-state index contributed by atoms with van der Waals surface area (Å²) in [5.41, 5.74) is 11.1. The Kier molecular flexibility index (Phi) is 4.71. The summed E-state index contributed by atoms with van der Waals surface area (Å²) in [6.45, 7) is 1.45. The molecule has 0 fully saturated rings. The van der Waals surface area contributed by atoms with Crippen molar-refractivity contribution in [2.24, 2.45) is 5.73 Å². The number of anilines is 1. The fourth-order valence-electron chi connectivity index (χ4n) is 1.36. The molecule has 0 bridgehead atoms. The van der Waals surface area contributed by atoms with E-state index in [9.17, 15) is 13.2 Å². The largest absolute Gasteiger partial charge is 0.398 e. The van der Waals surface area contributed by atoms with Crippen LogP contribution >= 0.6 is 15.9 Å². The Hall–Kier alpha value is -1.12. The number of hydrogen-bond acceptors (Lipinski definition) is 4. The number of likely N-dealkylation sites (N-methyl/N-ethyl adjacent to an activating group) is 1. The fraction of sp³-hybridized carbons (Fsp3) is 0.300. The Morgan fingerprint density at radius 1 is 1.44 bits per heavy atom. The molecule has 0 radical (unpaired) electrons. The molecule has 1 rings (SSSR count). The van der Waals surface area contributed by atoms with E-state index in [1.807, 2.05) is 0 Å². The molecule has 0 unspecified atom stereocenters. The third kappa shape index (κ3) is 3.21. The summed E-state index contributed by atoms with van der Waals surface area (Å²) in [4.78, 5) is 10.9. The topological polar surface area (TPSA) is 106 Å². The maximum Gasteiger partial charge on any atom is 0.243 e. The third-order valence-electron chi connectivity index (χ3n) is 2.29. The average Bonchev–Trinajstić information content (AvgIpc) is 2.28. The van der Waals surface area contributed by atoms with Crippen LogP contribution in [0.3, 0.4) is 0 Å². The molecule has 0 aromatic heterocycles. The van der Waals surface area contributed by atoms with Crippen LogP contribution in [-0.2, 0) is 14.8 Å². The van der Waals surface area contributed by atoms with Gasteiger partial charge in [-0.1, -0.05) is 6.92 Å². The van der Waals surface area contributed by atoms with E-state index in [-0.39, 0.29) is 18.0 Å². The number of carbonyl (C=O) groups is 1. The van der Waals surface area contributed by atoms with E-state index in [2.05, 4.69) is 15.9 Å². The van der Waals surface area contributed by atoms with Gasteiger partial charge in [-0.2, -0.15) is 4.31 Å². The van der Waals surface area contributed by atoms with Crippen LogP contribution in [0.2, 0.25) is 0 Å². The second-order valence-corrected chi connectivity index (χ2v) is 6.37. The van der Waals surface area contributed by atoms with Gasteiger partial charge in [0.05, 0.1) is 11.4 Å². The van der Waals surface area contributed by atoms with Crippen molar-refractivity contribution in [3.05, 3.63) is 22.7 Å². The second-order valence-electron chi connectivity index (χ2n) is 3.58. The molecule has 0 atom stereocenters. The van der Waals surface area contributed by atoms with Gasteiger partial charge >= 0.3 is 0 Å². The second kappa shape index (κ2) is 5.68. The summed E-state index contributed by atoms with van der Waals surface area (Å²) in [5, 5.41) is 0. The highest BCUT2D eigenvalue weighted by atomic mass is 79.9. The van der Waals surface area contributed by atoms with Crippen molar-refractivity contribution < 1.29 is 13.2 Å². The van der Waals surface area contributed by atoms with Crippen LogP contribution in [0.25, 0.3) is 0 Å². The highest BCUT2D eigenvalue weighted by Gasteiger charge is 2.24. The van der Waals surface area contributed by atoms with Crippen molar-refractivity contribution in [1.29, 1.82) is 0 Å². The summed E-state index contributed by atoms with van der Waals surface area (Å²) in [6.07, 6.45) is 0. The van der Waals surface area contributed by atoms with E-state index < -0.39 is 15.9 Å². The lowest BCUT2D eigenvalue weighted by Crippen LogP contribution is -2.38. The van der Waals surface area contributed by atoms with E-state index in [0.29, 0.717) is 10.2 Å². The predicted octanol–water partition coefficient (Wildman–Crippen LogP) is 0.527. The highest BCUT2D eigenvalue weighted by molar-refractivity contribution is 9.10. The molecule has 100 valence electrons. The van der Waals surface area contributed by atoms with E-state index in [1.165, 1.54) is 18.2 Å². The molecule has 0 spiro atoms. The van der Waals surface area contributed by atoms with Crippen LogP contribution in [0.1, 0.15) is 6.92 Å². The number of primary amides is 1. The Morgan fingerprint density at radius 3 is 2.50 bits per heavy atom. The van der Waals surface area contributed by atoms with Crippen LogP contribution < -0.4 is 11.5 Å². The first-order chi connectivity index (χ1) is 8.28. The standard InChI is InChI=1S/C10H14BrN3O3S/c1-2-14(6-10(13)15)18(16,17)7-3-4-9(12)8(11)5-7/h3-5H,2,6,12H2,1H3,(H2,13,15). The Morgan fingerprint density at radius 2 is 2.06 bits per heavy atom. The molecule has 4 N–H and O–H groups in total. The number of benzene rings is 1. The molecule has 18 heavy (non-hydrogen) atoms. The molecule has 1 amide bonds. The van der Waals surface area contributed by atoms with Crippen molar-refractivity contribution in [2.45, 2.75) is 11.8 Å². The molecule has 8 heteroatoms. The van der Waals surface area contributed by atoms with Gasteiger partial charge in [-0.3, -0.25) is 4.79 Å². The fourth-order valence-corrected chi connectivity index (χ4v) is 3.33. The first kappa shape index (κ1) is 14.9. The highest BCUT2D eigenvalue weighted by Crippen LogP contribution is 2.24. The molecule has 0 aliphatic carbocycles. The Bertz CT molecular complexity index is 559. The van der Waals surface area contributed by atoms with Gasteiger partial charge in [0, 0.05) is 16.7 Å². The SMILES string of the molecule is CCN(CC(N)=O)S(=O)(=O)c1ccc(N)c(Br)c1. The zero-order chi connectivity index (χ0) is 13.9. The minimum absolute atomic E-state index is 0.0617. The molecule has 0 aliphatic heterocycles. The maximum absolute atomic E-state index is 12.2. The van der Waals surface area contributed by atoms with Gasteiger partial charge in [0.25, 0.3) is 0 Å². The van der Waals surface area contributed by atoms with Crippen molar-refractivity contribution in [1.82, 2.24) is 4.31 Å². The Balaban J connectivity index is 3.18. The number of hydrogen-bond donors (Lipinski definition) is 2. The molecular weight excluding hydrogens is 322 g/mol. The van der Waals surface area contributed by atoms with Gasteiger partial charge in [-0.05, 0) is 34.1 Å². The zero-order valence-electron chi connectivity index (χ0n) is 9.76.